The molecule has 17 heavy (non-hydrogen) atoms. The molecule has 2 aromatic rings. The third-order valence-corrected chi connectivity index (χ3v) is 2.03. The summed E-state index contributed by atoms with van der Waals surface area (Å²) < 4.78 is 5.37. The van der Waals surface area contributed by atoms with Crippen LogP contribution in [0, 0.1) is 6.92 Å². The fraction of sp³-hybridized carbons (Fsp3) is 0.0909. The van der Waals surface area contributed by atoms with Gasteiger partial charge in [-0.1, -0.05) is 0 Å². The largest absolute Gasteiger partial charge is 0.478 e. The molecule has 2 aromatic heterocycles. The van der Waals surface area contributed by atoms with Crippen molar-refractivity contribution in [3.63, 3.8) is 0 Å². The van der Waals surface area contributed by atoms with Crippen LogP contribution in [-0.4, -0.2) is 26.0 Å². The van der Waals surface area contributed by atoms with Crippen molar-refractivity contribution < 1.29 is 14.6 Å². The molecule has 0 amide bonds. The minimum atomic E-state index is -1.07. The number of carboxylic acid groups (broad SMARTS) is 1. The fourth-order valence-corrected chi connectivity index (χ4v) is 1.16. The van der Waals surface area contributed by atoms with Crippen molar-refractivity contribution in [2.24, 2.45) is 0 Å². The van der Waals surface area contributed by atoms with Crippen molar-refractivity contribution in [1.29, 1.82) is 0 Å². The molecular weight excluding hydrogens is 222 g/mol. The first kappa shape index (κ1) is 11.0. The second kappa shape index (κ2) is 4.56. The summed E-state index contributed by atoms with van der Waals surface area (Å²) in [7, 11) is 0. The van der Waals surface area contributed by atoms with Crippen molar-refractivity contribution in [2.75, 3.05) is 0 Å². The van der Waals surface area contributed by atoms with Crippen molar-refractivity contribution in [3.8, 4) is 11.8 Å². The number of nitrogens with zero attached hydrogens (tertiary/aromatic N) is 3. The number of ether oxygens (including phenoxy) is 1. The number of rotatable bonds is 3. The maximum Gasteiger partial charge on any atom is 0.338 e. The Hall–Kier alpha value is -2.50. The highest BCUT2D eigenvalue weighted by Gasteiger charge is 2.07. The van der Waals surface area contributed by atoms with Gasteiger partial charge in [0.1, 0.15) is 0 Å². The number of hydrogen-bond acceptors (Lipinski definition) is 5. The third kappa shape index (κ3) is 2.54. The number of pyridine rings is 1. The Morgan fingerprint density at radius 1 is 1.29 bits per heavy atom. The summed E-state index contributed by atoms with van der Waals surface area (Å²) in [5, 5.41) is 8.68. The highest BCUT2D eigenvalue weighted by atomic mass is 16.5. The number of aromatic nitrogens is 3. The van der Waals surface area contributed by atoms with E-state index in [1.54, 1.807) is 25.3 Å². The van der Waals surface area contributed by atoms with Gasteiger partial charge in [0.05, 0.1) is 11.3 Å². The molecule has 0 bridgehead atoms. The quantitative estimate of drug-likeness (QED) is 0.864. The van der Waals surface area contributed by atoms with Gasteiger partial charge in [0.25, 0.3) is 0 Å². The van der Waals surface area contributed by atoms with Crippen LogP contribution in [0.3, 0.4) is 0 Å². The molecule has 0 saturated heterocycles. The zero-order valence-corrected chi connectivity index (χ0v) is 8.99. The number of hydrogen-bond donors (Lipinski definition) is 1. The Labute approximate surface area is 96.9 Å². The van der Waals surface area contributed by atoms with E-state index in [0.717, 1.165) is 0 Å². The minimum absolute atomic E-state index is 0.0141. The molecule has 0 atom stereocenters. The van der Waals surface area contributed by atoms with Gasteiger partial charge in [-0.2, -0.15) is 0 Å². The van der Waals surface area contributed by atoms with Crippen LogP contribution in [0.2, 0.25) is 0 Å². The van der Waals surface area contributed by atoms with Crippen LogP contribution in [-0.2, 0) is 0 Å². The number of carboxylic acids is 1. The van der Waals surface area contributed by atoms with Gasteiger partial charge in [0, 0.05) is 18.6 Å². The average molecular weight is 231 g/mol. The van der Waals surface area contributed by atoms with Crippen molar-refractivity contribution in [1.82, 2.24) is 15.0 Å². The SMILES string of the molecule is Cc1ncccc1Oc1ncc(C(=O)O)cn1. The first-order chi connectivity index (χ1) is 8.16. The van der Waals surface area contributed by atoms with E-state index < -0.39 is 5.97 Å². The van der Waals surface area contributed by atoms with E-state index >= 15 is 0 Å². The van der Waals surface area contributed by atoms with Gasteiger partial charge in [0.2, 0.25) is 0 Å². The molecule has 0 spiro atoms. The smallest absolute Gasteiger partial charge is 0.338 e. The maximum atomic E-state index is 10.6. The summed E-state index contributed by atoms with van der Waals surface area (Å²) in [6.45, 7) is 1.79. The van der Waals surface area contributed by atoms with Crippen molar-refractivity contribution in [2.45, 2.75) is 6.92 Å². The van der Waals surface area contributed by atoms with Crippen LogP contribution in [0.25, 0.3) is 0 Å². The molecule has 0 fully saturated rings. The zero-order chi connectivity index (χ0) is 12.3. The van der Waals surface area contributed by atoms with E-state index in [2.05, 4.69) is 15.0 Å². The summed E-state index contributed by atoms with van der Waals surface area (Å²) in [6.07, 6.45) is 4.03. The first-order valence-corrected chi connectivity index (χ1v) is 4.81. The van der Waals surface area contributed by atoms with Crippen molar-refractivity contribution >= 4 is 5.97 Å². The van der Waals surface area contributed by atoms with E-state index in [0.29, 0.717) is 11.4 Å². The molecule has 6 heteroatoms. The molecule has 0 unspecified atom stereocenters. The van der Waals surface area contributed by atoms with Crippen LogP contribution in [0.1, 0.15) is 16.1 Å². The summed E-state index contributed by atoms with van der Waals surface area (Å²) >= 11 is 0. The van der Waals surface area contributed by atoms with Crippen LogP contribution >= 0.6 is 0 Å². The van der Waals surface area contributed by atoms with Gasteiger partial charge in [-0.25, -0.2) is 14.8 Å². The van der Waals surface area contributed by atoms with Gasteiger partial charge >= 0.3 is 12.0 Å². The van der Waals surface area contributed by atoms with Crippen LogP contribution in [0.15, 0.2) is 30.7 Å². The van der Waals surface area contributed by atoms with E-state index in [9.17, 15) is 4.79 Å². The van der Waals surface area contributed by atoms with Crippen LogP contribution < -0.4 is 4.74 Å². The summed E-state index contributed by atoms with van der Waals surface area (Å²) in [4.78, 5) is 22.2. The molecule has 0 aliphatic heterocycles. The predicted molar refractivity (Wildman–Crippen MR) is 58.0 cm³/mol. The van der Waals surface area contributed by atoms with E-state index in [1.165, 1.54) is 12.4 Å². The lowest BCUT2D eigenvalue weighted by molar-refractivity contribution is 0.0696. The summed E-state index contributed by atoms with van der Waals surface area (Å²) in [6, 6.07) is 3.55. The Morgan fingerprint density at radius 3 is 2.59 bits per heavy atom. The van der Waals surface area contributed by atoms with E-state index in [-0.39, 0.29) is 11.6 Å². The predicted octanol–water partition coefficient (Wildman–Crippen LogP) is 1.67. The zero-order valence-electron chi connectivity index (χ0n) is 8.99. The second-order valence-electron chi connectivity index (χ2n) is 3.25. The number of aromatic carboxylic acids is 1. The van der Waals surface area contributed by atoms with Gasteiger partial charge in [-0.3, -0.25) is 4.98 Å². The molecule has 1 N–H and O–H groups in total. The van der Waals surface area contributed by atoms with E-state index in [1.807, 2.05) is 0 Å². The Kier molecular flexibility index (Phi) is 2.95. The molecule has 6 nitrogen and oxygen atoms in total. The molecule has 0 aliphatic rings. The molecule has 0 saturated carbocycles. The normalized spacial score (nSPS) is 9.94. The minimum Gasteiger partial charge on any atom is -0.478 e. The molecule has 0 aromatic carbocycles. The van der Waals surface area contributed by atoms with Crippen LogP contribution in [0.4, 0.5) is 0 Å². The highest BCUT2D eigenvalue weighted by molar-refractivity contribution is 5.86. The first-order valence-electron chi connectivity index (χ1n) is 4.81. The van der Waals surface area contributed by atoms with Crippen LogP contribution in [0.5, 0.6) is 11.8 Å². The lowest BCUT2D eigenvalue weighted by Crippen LogP contribution is -2.00. The van der Waals surface area contributed by atoms with Gasteiger partial charge in [-0.15, -0.1) is 0 Å². The Balaban J connectivity index is 2.20. The highest BCUT2D eigenvalue weighted by Crippen LogP contribution is 2.19. The fourth-order valence-electron chi connectivity index (χ4n) is 1.16. The molecular formula is C11H9N3O3. The maximum absolute atomic E-state index is 10.6. The average Bonchev–Trinajstić information content (AvgIpc) is 2.33. The molecule has 2 heterocycles. The van der Waals surface area contributed by atoms with Gasteiger partial charge in [-0.05, 0) is 19.1 Å². The second-order valence-corrected chi connectivity index (χ2v) is 3.25. The molecule has 0 radical (unpaired) electrons. The lowest BCUT2D eigenvalue weighted by Gasteiger charge is -2.05. The number of carbonyl (C=O) groups is 1. The monoisotopic (exact) mass is 231 g/mol. The van der Waals surface area contributed by atoms with E-state index in [4.69, 9.17) is 9.84 Å². The topological polar surface area (TPSA) is 85.2 Å². The molecule has 86 valence electrons. The Morgan fingerprint density at radius 2 is 2.00 bits per heavy atom. The van der Waals surface area contributed by atoms with Gasteiger partial charge < -0.3 is 9.84 Å². The van der Waals surface area contributed by atoms with Gasteiger partial charge in [0.15, 0.2) is 5.75 Å². The lowest BCUT2D eigenvalue weighted by atomic mass is 10.3. The molecule has 2 rings (SSSR count). The third-order valence-electron chi connectivity index (χ3n) is 2.03. The number of aryl methyl sites for hydroxylation is 1. The summed E-state index contributed by atoms with van der Waals surface area (Å²) in [5.74, 6) is -0.537. The van der Waals surface area contributed by atoms with Crippen molar-refractivity contribution in [3.05, 3.63) is 42.0 Å². The molecule has 0 aliphatic carbocycles. The summed E-state index contributed by atoms with van der Waals surface area (Å²) in [5.41, 5.74) is 0.721. The standard InChI is InChI=1S/C11H9N3O3/c1-7-9(3-2-4-12-7)17-11-13-5-8(6-14-11)10(15)16/h2-6H,1H3,(H,15,16). The Bertz CT molecular complexity index is 540.